The Balaban J connectivity index is 0.000000171. The molecule has 0 spiro atoms. The van der Waals surface area contributed by atoms with Crippen LogP contribution in [0, 0.1) is 0 Å². The third kappa shape index (κ3) is 4.33. The van der Waals surface area contributed by atoms with Gasteiger partial charge in [0.15, 0.2) is 10.1 Å². The van der Waals surface area contributed by atoms with Crippen molar-refractivity contribution in [2.75, 3.05) is 27.2 Å². The molecule has 0 radical (unpaired) electrons. The number of likely N-dealkylation sites (N-methyl/N-ethyl adjacent to an activating group) is 2. The molecule has 0 fully saturated rings. The molecule has 0 bridgehead atoms. The Labute approximate surface area is 176 Å². The zero-order chi connectivity index (χ0) is 22.4. The monoisotopic (exact) mass is 479 g/mol. The Hall–Kier alpha value is -2.49. The van der Waals surface area contributed by atoms with Gasteiger partial charge in [0.1, 0.15) is 11.4 Å². The summed E-state index contributed by atoms with van der Waals surface area (Å²) in [5.74, 6) is -0.496. The molecule has 0 aromatic carbocycles. The molecule has 2 aliphatic rings. The van der Waals surface area contributed by atoms with E-state index in [4.69, 9.17) is 15.8 Å². The van der Waals surface area contributed by atoms with Gasteiger partial charge in [-0.25, -0.2) is 22.0 Å². The fourth-order valence-electron chi connectivity index (χ4n) is 2.81. The molecule has 2 N–H and O–H groups in total. The van der Waals surface area contributed by atoms with Crippen LogP contribution in [-0.2, 0) is 32.2 Å². The molecule has 0 saturated carbocycles. The standard InChI is InChI=1S/C7H8ClN3O3S.C7H10N4O3S/c2*1-10-2-3-11-5(7(10)12)4-6(9-11)15(8,13)14/h4H,2-3H2,1H3;4H,2-3H2,1H3,(H2,8,13,14). The molecule has 0 atom stereocenters. The summed E-state index contributed by atoms with van der Waals surface area (Å²) in [4.78, 5) is 26.2. The van der Waals surface area contributed by atoms with Crippen molar-refractivity contribution in [3.05, 3.63) is 23.5 Å². The molecule has 164 valence electrons. The highest BCUT2D eigenvalue weighted by Crippen LogP contribution is 2.18. The first-order valence-corrected chi connectivity index (χ1v) is 12.3. The van der Waals surface area contributed by atoms with Gasteiger partial charge >= 0.3 is 0 Å². The van der Waals surface area contributed by atoms with Crippen molar-refractivity contribution in [2.24, 2.45) is 5.14 Å². The predicted molar refractivity (Wildman–Crippen MR) is 103 cm³/mol. The first-order chi connectivity index (χ1) is 13.8. The topological polar surface area (TPSA) is 171 Å². The Morgan fingerprint density at radius 3 is 1.63 bits per heavy atom. The number of sulfonamides is 1. The van der Waals surface area contributed by atoms with Gasteiger partial charge in [-0.2, -0.15) is 10.2 Å². The highest BCUT2D eigenvalue weighted by atomic mass is 35.7. The van der Waals surface area contributed by atoms with E-state index in [1.807, 2.05) is 0 Å². The second-order valence-corrected chi connectivity index (χ2v) is 10.6. The first kappa shape index (κ1) is 22.2. The molecular weight excluding hydrogens is 462 g/mol. The Kier molecular flexibility index (Phi) is 5.66. The molecule has 2 aromatic heterocycles. The van der Waals surface area contributed by atoms with Crippen LogP contribution in [0.5, 0.6) is 0 Å². The molecule has 4 heterocycles. The minimum Gasteiger partial charge on any atom is -0.339 e. The number of rotatable bonds is 2. The summed E-state index contributed by atoms with van der Waals surface area (Å²) in [6.45, 7) is 1.98. The molecule has 4 rings (SSSR count). The van der Waals surface area contributed by atoms with Gasteiger partial charge in [0.2, 0.25) is 0 Å². The predicted octanol–water partition coefficient (Wildman–Crippen LogP) is -1.49. The zero-order valence-electron chi connectivity index (χ0n) is 15.9. The third-order valence-electron chi connectivity index (χ3n) is 4.48. The number of hydrogen-bond acceptors (Lipinski definition) is 8. The van der Waals surface area contributed by atoms with Gasteiger partial charge in [-0.15, -0.1) is 0 Å². The lowest BCUT2D eigenvalue weighted by Gasteiger charge is -2.22. The van der Waals surface area contributed by atoms with E-state index < -0.39 is 19.1 Å². The van der Waals surface area contributed by atoms with Crippen LogP contribution in [0.25, 0.3) is 0 Å². The van der Waals surface area contributed by atoms with Crippen molar-refractivity contribution in [3.8, 4) is 0 Å². The fraction of sp³-hybridized carbons (Fsp3) is 0.429. The normalized spacial score (nSPS) is 16.7. The zero-order valence-corrected chi connectivity index (χ0v) is 18.3. The average molecular weight is 480 g/mol. The number of nitrogens with two attached hydrogens (primary N) is 1. The summed E-state index contributed by atoms with van der Waals surface area (Å²) in [5, 5.41) is 11.9. The highest BCUT2D eigenvalue weighted by Gasteiger charge is 2.27. The van der Waals surface area contributed by atoms with E-state index >= 15 is 0 Å². The lowest BCUT2D eigenvalue weighted by molar-refractivity contribution is 0.0735. The van der Waals surface area contributed by atoms with E-state index in [1.165, 1.54) is 31.3 Å². The van der Waals surface area contributed by atoms with E-state index in [-0.39, 0.29) is 33.3 Å². The molecule has 2 aliphatic heterocycles. The largest absolute Gasteiger partial charge is 0.339 e. The minimum atomic E-state index is -3.87. The molecular formula is C14H18ClN7O6S2. The maximum absolute atomic E-state index is 11.6. The lowest BCUT2D eigenvalue weighted by atomic mass is 10.3. The van der Waals surface area contributed by atoms with Gasteiger partial charge in [-0.05, 0) is 0 Å². The molecule has 16 heteroatoms. The van der Waals surface area contributed by atoms with Crippen LogP contribution >= 0.6 is 10.7 Å². The number of halogens is 1. The summed E-state index contributed by atoms with van der Waals surface area (Å²) >= 11 is 0. The van der Waals surface area contributed by atoms with Crippen LogP contribution in [0.1, 0.15) is 21.0 Å². The van der Waals surface area contributed by atoms with Gasteiger partial charge in [0.05, 0.1) is 13.1 Å². The number of amides is 2. The van der Waals surface area contributed by atoms with Gasteiger partial charge in [-0.3, -0.25) is 19.0 Å². The number of nitrogens with zero attached hydrogens (tertiary/aromatic N) is 6. The fourth-order valence-corrected chi connectivity index (χ4v) is 3.98. The summed E-state index contributed by atoms with van der Waals surface area (Å²) in [5.41, 5.74) is 0.510. The van der Waals surface area contributed by atoms with E-state index in [9.17, 15) is 26.4 Å². The summed E-state index contributed by atoms with van der Waals surface area (Å²) in [7, 11) is 0.720. The average Bonchev–Trinajstić information content (AvgIpc) is 3.26. The summed E-state index contributed by atoms with van der Waals surface area (Å²) in [6, 6.07) is 2.40. The second kappa shape index (κ2) is 7.64. The molecule has 2 aromatic rings. The molecule has 0 saturated heterocycles. The number of aromatic nitrogens is 4. The van der Waals surface area contributed by atoms with Crippen LogP contribution in [0.15, 0.2) is 22.2 Å². The van der Waals surface area contributed by atoms with Gasteiger partial charge in [-0.1, -0.05) is 0 Å². The number of carbonyl (C=O) groups excluding carboxylic acids is 2. The molecule has 13 nitrogen and oxygen atoms in total. The van der Waals surface area contributed by atoms with Crippen LogP contribution in [0.4, 0.5) is 0 Å². The maximum atomic E-state index is 11.6. The first-order valence-electron chi connectivity index (χ1n) is 8.43. The van der Waals surface area contributed by atoms with Gasteiger partial charge in [0.25, 0.3) is 30.9 Å². The van der Waals surface area contributed by atoms with E-state index in [1.54, 1.807) is 14.1 Å². The van der Waals surface area contributed by atoms with Gasteiger partial charge in [0, 0.05) is 50.0 Å². The van der Waals surface area contributed by atoms with Crippen molar-refractivity contribution < 1.29 is 26.4 Å². The number of carbonyl (C=O) groups is 2. The minimum absolute atomic E-state index is 0.247. The second-order valence-electron chi connectivity index (χ2n) is 6.62. The number of hydrogen-bond donors (Lipinski definition) is 1. The quantitative estimate of drug-likeness (QED) is 0.507. The lowest BCUT2D eigenvalue weighted by Crippen LogP contribution is -2.37. The number of fused-ring (bicyclic) bond motifs is 2. The van der Waals surface area contributed by atoms with Crippen LogP contribution in [-0.4, -0.2) is 85.2 Å². The van der Waals surface area contributed by atoms with Crippen molar-refractivity contribution in [3.63, 3.8) is 0 Å². The van der Waals surface area contributed by atoms with Crippen molar-refractivity contribution in [1.82, 2.24) is 29.4 Å². The molecule has 0 aliphatic carbocycles. The highest BCUT2D eigenvalue weighted by molar-refractivity contribution is 8.13. The Morgan fingerprint density at radius 2 is 1.23 bits per heavy atom. The molecule has 30 heavy (non-hydrogen) atoms. The van der Waals surface area contributed by atoms with E-state index in [2.05, 4.69) is 10.2 Å². The number of primary sulfonamides is 1. The van der Waals surface area contributed by atoms with E-state index in [0.717, 1.165) is 0 Å². The molecule has 0 unspecified atom stereocenters. The smallest absolute Gasteiger partial charge is 0.280 e. The Morgan fingerprint density at radius 1 is 0.833 bits per heavy atom. The SMILES string of the molecule is CN1CCn2nc(S(=O)(=O)Cl)cc2C1=O.CN1CCn2nc(S(N)(=O)=O)cc2C1=O. The van der Waals surface area contributed by atoms with Crippen molar-refractivity contribution >= 4 is 41.6 Å². The Bertz CT molecular complexity index is 1140. The molecule has 2 amide bonds. The van der Waals surface area contributed by atoms with Gasteiger partial charge < -0.3 is 9.80 Å². The van der Waals surface area contributed by atoms with Crippen LogP contribution in [0.3, 0.4) is 0 Å². The van der Waals surface area contributed by atoms with Crippen molar-refractivity contribution in [1.29, 1.82) is 0 Å². The van der Waals surface area contributed by atoms with Crippen LogP contribution in [0.2, 0.25) is 0 Å². The maximum Gasteiger partial charge on any atom is 0.280 e. The van der Waals surface area contributed by atoms with E-state index in [0.29, 0.717) is 26.2 Å². The van der Waals surface area contributed by atoms with Crippen molar-refractivity contribution in [2.45, 2.75) is 23.1 Å². The third-order valence-corrected chi connectivity index (χ3v) is 6.44. The summed E-state index contributed by atoms with van der Waals surface area (Å²) < 4.78 is 46.8. The summed E-state index contributed by atoms with van der Waals surface area (Å²) in [6.07, 6.45) is 0. The van der Waals surface area contributed by atoms with Crippen LogP contribution < -0.4 is 5.14 Å².